The summed E-state index contributed by atoms with van der Waals surface area (Å²) in [5.41, 5.74) is 2.63. The number of para-hydroxylation sites is 1. The largest absolute Gasteiger partial charge is 0.357 e. The molecule has 0 saturated carbocycles. The zero-order valence-corrected chi connectivity index (χ0v) is 11.5. The lowest BCUT2D eigenvalue weighted by Gasteiger charge is -2.03. The highest BCUT2D eigenvalue weighted by atomic mass is 79.9. The fourth-order valence-corrected chi connectivity index (χ4v) is 2.40. The third-order valence-corrected chi connectivity index (χ3v) is 3.39. The molecule has 2 aromatic rings. The molecule has 0 spiro atoms. The number of aryl methyl sites for hydroxylation is 1. The fourth-order valence-electron chi connectivity index (χ4n) is 1.93. The molecule has 0 aliphatic rings. The lowest BCUT2D eigenvalue weighted by molar-refractivity contribution is 0.0955. The highest BCUT2D eigenvalue weighted by Gasteiger charge is 2.16. The number of benzene rings is 1. The van der Waals surface area contributed by atoms with Crippen molar-refractivity contribution < 1.29 is 4.79 Å². The number of aromatic amines is 1. The van der Waals surface area contributed by atoms with Gasteiger partial charge in [-0.2, -0.15) is 0 Å². The molecular formula is C13H15BrN2O. The van der Waals surface area contributed by atoms with Crippen molar-refractivity contribution in [2.24, 2.45) is 0 Å². The van der Waals surface area contributed by atoms with Crippen molar-refractivity contribution in [3.8, 4) is 0 Å². The average Bonchev–Trinajstić information content (AvgIpc) is 2.64. The Labute approximate surface area is 109 Å². The molecule has 17 heavy (non-hydrogen) atoms. The Kier molecular flexibility index (Phi) is 3.52. The van der Waals surface area contributed by atoms with Gasteiger partial charge >= 0.3 is 0 Å². The van der Waals surface area contributed by atoms with E-state index in [1.807, 2.05) is 32.0 Å². The second-order valence-electron chi connectivity index (χ2n) is 4.04. The van der Waals surface area contributed by atoms with E-state index in [9.17, 15) is 4.79 Å². The summed E-state index contributed by atoms with van der Waals surface area (Å²) in [4.78, 5) is 15.3. The zero-order valence-electron chi connectivity index (χ0n) is 9.93. The Balaban J connectivity index is 2.50. The van der Waals surface area contributed by atoms with Crippen molar-refractivity contribution in [3.63, 3.8) is 0 Å². The van der Waals surface area contributed by atoms with E-state index >= 15 is 0 Å². The van der Waals surface area contributed by atoms with E-state index in [0.717, 1.165) is 33.1 Å². The van der Waals surface area contributed by atoms with Crippen LogP contribution in [0.1, 0.15) is 29.4 Å². The molecule has 3 nitrogen and oxygen atoms in total. The summed E-state index contributed by atoms with van der Waals surface area (Å²) in [5, 5.41) is 3.88. The number of amides is 1. The van der Waals surface area contributed by atoms with Gasteiger partial charge in [-0.25, -0.2) is 0 Å². The standard InChI is InChI=1S/C13H15BrN2O/c1-3-7-15-13(17)11-8(2)16-12-9(11)5-4-6-10(12)14/h4-6,16H,3,7H2,1-2H3,(H,15,17). The molecular weight excluding hydrogens is 280 g/mol. The third kappa shape index (κ3) is 2.22. The maximum atomic E-state index is 12.1. The Bertz CT molecular complexity index is 560. The fraction of sp³-hybridized carbons (Fsp3) is 0.308. The normalized spacial score (nSPS) is 10.8. The summed E-state index contributed by atoms with van der Waals surface area (Å²) in [6, 6.07) is 5.87. The number of H-pyrrole nitrogens is 1. The lowest BCUT2D eigenvalue weighted by Crippen LogP contribution is -2.24. The number of aromatic nitrogens is 1. The van der Waals surface area contributed by atoms with Gasteiger partial charge in [0.05, 0.1) is 11.1 Å². The van der Waals surface area contributed by atoms with Gasteiger partial charge in [-0.1, -0.05) is 19.1 Å². The molecule has 90 valence electrons. The third-order valence-electron chi connectivity index (χ3n) is 2.73. The van der Waals surface area contributed by atoms with Crippen molar-refractivity contribution in [2.45, 2.75) is 20.3 Å². The number of halogens is 1. The van der Waals surface area contributed by atoms with Crippen molar-refractivity contribution in [2.75, 3.05) is 6.54 Å². The van der Waals surface area contributed by atoms with Gasteiger partial charge in [0.2, 0.25) is 0 Å². The van der Waals surface area contributed by atoms with Crippen LogP contribution in [0.4, 0.5) is 0 Å². The van der Waals surface area contributed by atoms with Crippen LogP contribution in [-0.4, -0.2) is 17.4 Å². The molecule has 0 aliphatic carbocycles. The van der Waals surface area contributed by atoms with Crippen LogP contribution in [-0.2, 0) is 0 Å². The van der Waals surface area contributed by atoms with Crippen molar-refractivity contribution in [3.05, 3.63) is 33.9 Å². The van der Waals surface area contributed by atoms with Crippen molar-refractivity contribution in [1.29, 1.82) is 0 Å². The summed E-state index contributed by atoms with van der Waals surface area (Å²) in [6.45, 7) is 4.67. The Hall–Kier alpha value is -1.29. The smallest absolute Gasteiger partial charge is 0.253 e. The molecule has 0 unspecified atom stereocenters. The van der Waals surface area contributed by atoms with Gasteiger partial charge in [0, 0.05) is 22.1 Å². The van der Waals surface area contributed by atoms with Crippen LogP contribution in [0.5, 0.6) is 0 Å². The van der Waals surface area contributed by atoms with Gasteiger partial charge in [-0.05, 0) is 35.3 Å². The van der Waals surface area contributed by atoms with Crippen molar-refractivity contribution >= 4 is 32.7 Å². The lowest BCUT2D eigenvalue weighted by atomic mass is 10.1. The molecule has 0 aliphatic heterocycles. The van der Waals surface area contributed by atoms with E-state index in [1.54, 1.807) is 0 Å². The van der Waals surface area contributed by atoms with Gasteiger partial charge < -0.3 is 10.3 Å². The van der Waals surface area contributed by atoms with Gasteiger partial charge in [-0.15, -0.1) is 0 Å². The molecule has 2 rings (SSSR count). The van der Waals surface area contributed by atoms with E-state index in [0.29, 0.717) is 6.54 Å². The number of carbonyl (C=O) groups is 1. The summed E-state index contributed by atoms with van der Waals surface area (Å²) < 4.78 is 0.979. The van der Waals surface area contributed by atoms with Gasteiger partial charge in [-0.3, -0.25) is 4.79 Å². The Morgan fingerprint density at radius 2 is 2.24 bits per heavy atom. The van der Waals surface area contributed by atoms with Crippen LogP contribution in [0.2, 0.25) is 0 Å². The minimum Gasteiger partial charge on any atom is -0.357 e. The summed E-state index contributed by atoms with van der Waals surface area (Å²) in [5.74, 6) is -0.00583. The van der Waals surface area contributed by atoms with Crippen LogP contribution in [0.15, 0.2) is 22.7 Å². The minimum atomic E-state index is -0.00583. The summed E-state index contributed by atoms with van der Waals surface area (Å²) >= 11 is 3.48. The van der Waals surface area contributed by atoms with Crippen LogP contribution < -0.4 is 5.32 Å². The molecule has 1 heterocycles. The number of fused-ring (bicyclic) bond motifs is 1. The van der Waals surface area contributed by atoms with Crippen LogP contribution in [0.3, 0.4) is 0 Å². The molecule has 1 amide bonds. The predicted octanol–water partition coefficient (Wildman–Crippen LogP) is 3.38. The number of nitrogens with one attached hydrogen (secondary N) is 2. The number of carbonyl (C=O) groups excluding carboxylic acids is 1. The Morgan fingerprint density at radius 3 is 2.94 bits per heavy atom. The van der Waals surface area contributed by atoms with E-state index in [4.69, 9.17) is 0 Å². The monoisotopic (exact) mass is 294 g/mol. The Morgan fingerprint density at radius 1 is 1.47 bits per heavy atom. The molecule has 0 fully saturated rings. The SMILES string of the molecule is CCCNC(=O)c1c(C)[nH]c2c(Br)cccc12. The molecule has 0 atom stereocenters. The molecule has 1 aromatic carbocycles. The van der Waals surface area contributed by atoms with Gasteiger partial charge in [0.1, 0.15) is 0 Å². The topological polar surface area (TPSA) is 44.9 Å². The first-order valence-electron chi connectivity index (χ1n) is 5.70. The maximum absolute atomic E-state index is 12.1. The molecule has 4 heteroatoms. The van der Waals surface area contributed by atoms with E-state index in [1.165, 1.54) is 0 Å². The second kappa shape index (κ2) is 4.92. The molecule has 0 saturated heterocycles. The maximum Gasteiger partial charge on any atom is 0.253 e. The number of hydrogen-bond acceptors (Lipinski definition) is 1. The first-order valence-corrected chi connectivity index (χ1v) is 6.49. The first-order chi connectivity index (χ1) is 8.15. The highest BCUT2D eigenvalue weighted by molar-refractivity contribution is 9.10. The van der Waals surface area contributed by atoms with E-state index in [-0.39, 0.29) is 5.91 Å². The van der Waals surface area contributed by atoms with Gasteiger partial charge in [0.15, 0.2) is 0 Å². The van der Waals surface area contributed by atoms with E-state index < -0.39 is 0 Å². The quantitative estimate of drug-likeness (QED) is 0.896. The number of rotatable bonds is 3. The van der Waals surface area contributed by atoms with Crippen LogP contribution >= 0.6 is 15.9 Å². The molecule has 2 N–H and O–H groups in total. The molecule has 0 radical (unpaired) electrons. The van der Waals surface area contributed by atoms with Gasteiger partial charge in [0.25, 0.3) is 5.91 Å². The summed E-state index contributed by atoms with van der Waals surface area (Å²) in [6.07, 6.45) is 0.941. The zero-order chi connectivity index (χ0) is 12.4. The average molecular weight is 295 g/mol. The van der Waals surface area contributed by atoms with Crippen LogP contribution in [0.25, 0.3) is 10.9 Å². The highest BCUT2D eigenvalue weighted by Crippen LogP contribution is 2.27. The second-order valence-corrected chi connectivity index (χ2v) is 4.90. The molecule has 0 bridgehead atoms. The predicted molar refractivity (Wildman–Crippen MR) is 73.4 cm³/mol. The number of hydrogen-bond donors (Lipinski definition) is 2. The van der Waals surface area contributed by atoms with E-state index in [2.05, 4.69) is 26.2 Å². The van der Waals surface area contributed by atoms with Crippen LogP contribution in [0, 0.1) is 6.92 Å². The summed E-state index contributed by atoms with van der Waals surface area (Å²) in [7, 11) is 0. The minimum absolute atomic E-state index is 0.00583. The molecule has 1 aromatic heterocycles. The first kappa shape index (κ1) is 12.2. The van der Waals surface area contributed by atoms with Crippen molar-refractivity contribution in [1.82, 2.24) is 10.3 Å².